The monoisotopic (exact) mass is 375 g/mol. The van der Waals surface area contributed by atoms with E-state index in [9.17, 15) is 0 Å². The van der Waals surface area contributed by atoms with Gasteiger partial charge in [0.2, 0.25) is 0 Å². The topological polar surface area (TPSA) is 12.5 Å². The number of fused-ring (bicyclic) bond motifs is 5. The number of benzene rings is 4. The lowest BCUT2D eigenvalue weighted by Gasteiger charge is -2.33. The zero-order valence-electron chi connectivity index (χ0n) is 16.5. The summed E-state index contributed by atoms with van der Waals surface area (Å²) >= 11 is 0. The highest BCUT2D eigenvalue weighted by Crippen LogP contribution is 2.53. The third-order valence-corrected chi connectivity index (χ3v) is 6.26. The normalized spacial score (nSPS) is 15.0. The molecule has 1 aliphatic carbocycles. The van der Waals surface area contributed by atoms with E-state index < -0.39 is 0 Å². The van der Waals surface area contributed by atoms with Crippen molar-refractivity contribution in [3.63, 3.8) is 0 Å². The van der Waals surface area contributed by atoms with E-state index in [1.807, 2.05) is 24.3 Å². The average Bonchev–Trinajstić information content (AvgIpc) is 2.99. The van der Waals surface area contributed by atoms with Gasteiger partial charge >= 0.3 is 0 Å². The van der Waals surface area contributed by atoms with Crippen molar-refractivity contribution in [1.29, 1.82) is 0 Å². The first-order valence-corrected chi connectivity index (χ1v) is 10.0. The van der Waals surface area contributed by atoms with Crippen molar-refractivity contribution in [2.75, 3.05) is 4.90 Å². The Hall–Kier alpha value is -3.52. The van der Waals surface area contributed by atoms with Crippen molar-refractivity contribution >= 4 is 17.1 Å². The van der Waals surface area contributed by atoms with Crippen LogP contribution in [0.4, 0.5) is 17.1 Å². The summed E-state index contributed by atoms with van der Waals surface area (Å²) < 4.78 is 6.17. The third kappa shape index (κ3) is 2.23. The maximum atomic E-state index is 6.17. The van der Waals surface area contributed by atoms with E-state index in [0.717, 1.165) is 28.6 Å². The molecule has 1 aliphatic heterocycles. The lowest BCUT2D eigenvalue weighted by atomic mass is 9.82. The van der Waals surface area contributed by atoms with Gasteiger partial charge in [0.1, 0.15) is 0 Å². The van der Waals surface area contributed by atoms with Crippen LogP contribution in [0.3, 0.4) is 0 Å². The van der Waals surface area contributed by atoms with Gasteiger partial charge in [-0.15, -0.1) is 0 Å². The molecule has 0 atom stereocenters. The van der Waals surface area contributed by atoms with E-state index >= 15 is 0 Å². The fourth-order valence-electron chi connectivity index (χ4n) is 4.81. The lowest BCUT2D eigenvalue weighted by Crippen LogP contribution is -2.18. The fraction of sp³-hybridized carbons (Fsp3) is 0.111. The Morgan fingerprint density at radius 2 is 1.21 bits per heavy atom. The molecule has 2 aliphatic rings. The van der Waals surface area contributed by atoms with Gasteiger partial charge in [0.05, 0.1) is 11.4 Å². The molecule has 0 N–H and O–H groups in total. The first-order valence-electron chi connectivity index (χ1n) is 10.0. The summed E-state index contributed by atoms with van der Waals surface area (Å²) in [6.07, 6.45) is 0. The first-order chi connectivity index (χ1) is 14.1. The van der Waals surface area contributed by atoms with Crippen LogP contribution in [0.5, 0.6) is 11.5 Å². The Balaban J connectivity index is 1.58. The van der Waals surface area contributed by atoms with E-state index in [1.54, 1.807) is 0 Å². The molecule has 0 amide bonds. The molecule has 4 aromatic rings. The number of rotatable bonds is 1. The zero-order valence-corrected chi connectivity index (χ0v) is 16.5. The Morgan fingerprint density at radius 1 is 0.621 bits per heavy atom. The molecule has 2 nitrogen and oxygen atoms in total. The molecule has 2 heteroatoms. The number of nitrogens with zero attached hydrogens (tertiary/aromatic N) is 1. The summed E-state index contributed by atoms with van der Waals surface area (Å²) in [6, 6.07) is 32.1. The van der Waals surface area contributed by atoms with Gasteiger partial charge in [-0.1, -0.05) is 68.4 Å². The highest BCUT2D eigenvalue weighted by molar-refractivity contribution is 5.89. The molecule has 0 spiro atoms. The van der Waals surface area contributed by atoms with Gasteiger partial charge in [-0.2, -0.15) is 0 Å². The van der Waals surface area contributed by atoms with Crippen molar-refractivity contribution in [3.8, 4) is 22.6 Å². The van der Waals surface area contributed by atoms with Gasteiger partial charge < -0.3 is 9.64 Å². The molecule has 1 heterocycles. The van der Waals surface area contributed by atoms with E-state index in [4.69, 9.17) is 4.74 Å². The molecule has 0 bridgehead atoms. The SMILES string of the molecule is CC1(C)c2ccccc2-c2ccc(N3c4ccccc4Oc4ccccc43)cc21. The van der Waals surface area contributed by atoms with Crippen molar-refractivity contribution in [1.82, 2.24) is 0 Å². The van der Waals surface area contributed by atoms with Crippen LogP contribution in [-0.2, 0) is 5.41 Å². The Kier molecular flexibility index (Phi) is 3.25. The molecule has 0 aromatic heterocycles. The van der Waals surface area contributed by atoms with Gasteiger partial charge in [-0.05, 0) is 58.7 Å². The van der Waals surface area contributed by atoms with Crippen molar-refractivity contribution in [2.24, 2.45) is 0 Å². The van der Waals surface area contributed by atoms with Gasteiger partial charge in [-0.25, -0.2) is 0 Å². The summed E-state index contributed by atoms with van der Waals surface area (Å²) in [6.45, 7) is 4.64. The largest absolute Gasteiger partial charge is 0.453 e. The van der Waals surface area contributed by atoms with Crippen LogP contribution in [0.1, 0.15) is 25.0 Å². The molecular formula is C27H21NO. The predicted octanol–water partition coefficient (Wildman–Crippen LogP) is 7.57. The minimum atomic E-state index is -0.0206. The molecule has 140 valence electrons. The number of ether oxygens (including phenoxy) is 1. The summed E-state index contributed by atoms with van der Waals surface area (Å²) in [4.78, 5) is 2.31. The smallest absolute Gasteiger partial charge is 0.151 e. The molecule has 0 fully saturated rings. The Labute approximate surface area is 171 Å². The quantitative estimate of drug-likeness (QED) is 0.299. The number of para-hydroxylation sites is 4. The van der Waals surface area contributed by atoms with E-state index in [2.05, 4.69) is 85.5 Å². The molecule has 0 saturated carbocycles. The molecule has 29 heavy (non-hydrogen) atoms. The standard InChI is InChI=1S/C27H21NO/c1-27(2)21-10-4-3-9-19(21)20-16-15-18(17-22(20)27)28-23-11-5-7-13-25(23)29-26-14-8-6-12-24(26)28/h3-17H,1-2H3. The highest BCUT2D eigenvalue weighted by Gasteiger charge is 2.36. The second-order valence-corrected chi connectivity index (χ2v) is 8.27. The third-order valence-electron chi connectivity index (χ3n) is 6.26. The van der Waals surface area contributed by atoms with Gasteiger partial charge in [0.15, 0.2) is 11.5 Å². The van der Waals surface area contributed by atoms with Gasteiger partial charge in [0.25, 0.3) is 0 Å². The van der Waals surface area contributed by atoms with Crippen LogP contribution in [0, 0.1) is 0 Å². The minimum Gasteiger partial charge on any atom is -0.453 e. The number of anilines is 3. The second-order valence-electron chi connectivity index (χ2n) is 8.27. The predicted molar refractivity (Wildman–Crippen MR) is 119 cm³/mol. The maximum absolute atomic E-state index is 6.17. The zero-order chi connectivity index (χ0) is 19.6. The number of hydrogen-bond donors (Lipinski definition) is 0. The Morgan fingerprint density at radius 3 is 1.93 bits per heavy atom. The molecule has 0 radical (unpaired) electrons. The van der Waals surface area contributed by atoms with Crippen LogP contribution < -0.4 is 9.64 Å². The highest BCUT2D eigenvalue weighted by atomic mass is 16.5. The molecular weight excluding hydrogens is 354 g/mol. The number of hydrogen-bond acceptors (Lipinski definition) is 2. The Bertz CT molecular complexity index is 1230. The van der Waals surface area contributed by atoms with Crippen LogP contribution in [0.15, 0.2) is 91.0 Å². The average molecular weight is 375 g/mol. The summed E-state index contributed by atoms with van der Waals surface area (Å²) in [5, 5.41) is 0. The summed E-state index contributed by atoms with van der Waals surface area (Å²) in [5.74, 6) is 1.77. The molecule has 4 aromatic carbocycles. The van der Waals surface area contributed by atoms with E-state index in [1.165, 1.54) is 22.3 Å². The summed E-state index contributed by atoms with van der Waals surface area (Å²) in [7, 11) is 0. The first kappa shape index (κ1) is 16.4. The molecule has 0 saturated heterocycles. The van der Waals surface area contributed by atoms with Gasteiger partial charge in [0, 0.05) is 11.1 Å². The van der Waals surface area contributed by atoms with Crippen LogP contribution >= 0.6 is 0 Å². The van der Waals surface area contributed by atoms with Crippen LogP contribution in [-0.4, -0.2) is 0 Å². The van der Waals surface area contributed by atoms with Crippen molar-refractivity contribution in [2.45, 2.75) is 19.3 Å². The lowest BCUT2D eigenvalue weighted by molar-refractivity contribution is 0.477. The van der Waals surface area contributed by atoms with Crippen molar-refractivity contribution < 1.29 is 4.74 Å². The molecule has 0 unspecified atom stereocenters. The maximum Gasteiger partial charge on any atom is 0.151 e. The molecule has 6 rings (SSSR count). The minimum absolute atomic E-state index is 0.0206. The van der Waals surface area contributed by atoms with E-state index in [-0.39, 0.29) is 5.41 Å². The fourth-order valence-corrected chi connectivity index (χ4v) is 4.81. The summed E-state index contributed by atoms with van der Waals surface area (Å²) in [5.41, 5.74) is 8.73. The van der Waals surface area contributed by atoms with Crippen LogP contribution in [0.2, 0.25) is 0 Å². The van der Waals surface area contributed by atoms with E-state index in [0.29, 0.717) is 0 Å². The second kappa shape index (κ2) is 5.74. The van der Waals surface area contributed by atoms with Crippen LogP contribution in [0.25, 0.3) is 11.1 Å². The van der Waals surface area contributed by atoms with Gasteiger partial charge in [-0.3, -0.25) is 0 Å². The van der Waals surface area contributed by atoms with Crippen molar-refractivity contribution in [3.05, 3.63) is 102 Å².